The molecule has 2 rings (SSSR count). The molecule has 0 aliphatic heterocycles. The Bertz CT molecular complexity index is 948. The number of halogens is 1. The van der Waals surface area contributed by atoms with E-state index in [4.69, 9.17) is 9.47 Å². The first-order valence-electron chi connectivity index (χ1n) is 9.07. The van der Waals surface area contributed by atoms with E-state index in [1.165, 1.54) is 0 Å². The number of carbonyl (C=O) groups is 3. The zero-order valence-corrected chi connectivity index (χ0v) is 19.6. The molecule has 0 aliphatic rings. The van der Waals surface area contributed by atoms with E-state index in [0.717, 1.165) is 27.2 Å². The molecule has 2 heterocycles. The predicted molar refractivity (Wildman–Crippen MR) is 114 cm³/mol. The van der Waals surface area contributed by atoms with Crippen molar-refractivity contribution in [3.05, 3.63) is 31.9 Å². The highest BCUT2D eigenvalue weighted by molar-refractivity contribution is 9.10. The van der Waals surface area contributed by atoms with E-state index >= 15 is 0 Å². The number of aryl methyl sites for hydroxylation is 1. The van der Waals surface area contributed by atoms with Gasteiger partial charge in [0.1, 0.15) is 16.4 Å². The highest BCUT2D eigenvalue weighted by atomic mass is 79.9. The summed E-state index contributed by atoms with van der Waals surface area (Å²) in [6.45, 7) is 10.6. The number of thiophene rings is 1. The van der Waals surface area contributed by atoms with Gasteiger partial charge in [0.15, 0.2) is 0 Å². The van der Waals surface area contributed by atoms with Crippen LogP contribution in [-0.2, 0) is 20.8 Å². The fourth-order valence-electron chi connectivity index (χ4n) is 2.64. The maximum Gasteiger partial charge on any atom is 0.348 e. The van der Waals surface area contributed by atoms with Crippen LogP contribution >= 0.6 is 27.3 Å². The fourth-order valence-corrected chi connectivity index (χ4v) is 4.03. The molecule has 0 atom stereocenters. The minimum absolute atomic E-state index is 0.0391. The molecule has 2 aromatic heterocycles. The van der Waals surface area contributed by atoms with E-state index in [0.29, 0.717) is 5.56 Å². The Labute approximate surface area is 181 Å². The molecular formula is C19H24BrN3O5S. The van der Waals surface area contributed by atoms with Gasteiger partial charge in [0.2, 0.25) is 5.91 Å². The second-order valence-corrected chi connectivity index (χ2v) is 8.44. The summed E-state index contributed by atoms with van der Waals surface area (Å²) < 4.78 is 12.7. The SMILES string of the molecule is CCOC(=O)c1sc(NC(=O)Cn2nc(C)c(Br)c2C)c(C(=O)OC(C)C)c1C. The van der Waals surface area contributed by atoms with Crippen molar-refractivity contribution in [3.63, 3.8) is 0 Å². The lowest BCUT2D eigenvalue weighted by molar-refractivity contribution is -0.116. The quantitative estimate of drug-likeness (QED) is 0.594. The molecule has 1 N–H and O–H groups in total. The number of hydrogen-bond acceptors (Lipinski definition) is 7. The van der Waals surface area contributed by atoms with Crippen molar-refractivity contribution in [1.82, 2.24) is 9.78 Å². The molecule has 0 saturated carbocycles. The Morgan fingerprint density at radius 2 is 1.86 bits per heavy atom. The topological polar surface area (TPSA) is 99.5 Å². The lowest BCUT2D eigenvalue weighted by atomic mass is 10.1. The van der Waals surface area contributed by atoms with Crippen LogP contribution in [0.3, 0.4) is 0 Å². The lowest BCUT2D eigenvalue weighted by Crippen LogP contribution is -2.21. The molecule has 2 aromatic rings. The summed E-state index contributed by atoms with van der Waals surface area (Å²) in [5.41, 5.74) is 2.16. The van der Waals surface area contributed by atoms with Gasteiger partial charge in [-0.3, -0.25) is 9.48 Å². The maximum absolute atomic E-state index is 12.6. The van der Waals surface area contributed by atoms with Crippen molar-refractivity contribution in [1.29, 1.82) is 0 Å². The Balaban J connectivity index is 2.35. The Morgan fingerprint density at radius 3 is 2.38 bits per heavy atom. The van der Waals surface area contributed by atoms with Gasteiger partial charge in [-0.15, -0.1) is 11.3 Å². The third kappa shape index (κ3) is 5.24. The molecule has 29 heavy (non-hydrogen) atoms. The average molecular weight is 486 g/mol. The van der Waals surface area contributed by atoms with Crippen LogP contribution < -0.4 is 5.32 Å². The van der Waals surface area contributed by atoms with E-state index in [-0.39, 0.29) is 40.6 Å². The molecule has 158 valence electrons. The van der Waals surface area contributed by atoms with E-state index in [1.54, 1.807) is 32.4 Å². The van der Waals surface area contributed by atoms with Crippen LogP contribution in [-0.4, -0.2) is 40.3 Å². The zero-order chi connectivity index (χ0) is 21.9. The molecule has 0 fully saturated rings. The van der Waals surface area contributed by atoms with Crippen molar-refractivity contribution in [2.24, 2.45) is 0 Å². The van der Waals surface area contributed by atoms with Crippen LogP contribution in [0, 0.1) is 20.8 Å². The number of rotatable bonds is 7. The number of carbonyl (C=O) groups excluding carboxylic acids is 3. The van der Waals surface area contributed by atoms with E-state index < -0.39 is 11.9 Å². The van der Waals surface area contributed by atoms with Gasteiger partial charge in [-0.05, 0) is 63.0 Å². The van der Waals surface area contributed by atoms with Crippen LogP contribution in [0.2, 0.25) is 0 Å². The fraction of sp³-hybridized carbons (Fsp3) is 0.474. The van der Waals surface area contributed by atoms with Crippen molar-refractivity contribution >= 4 is 50.1 Å². The van der Waals surface area contributed by atoms with Gasteiger partial charge in [0, 0.05) is 0 Å². The Kier molecular flexibility index (Phi) is 7.59. The van der Waals surface area contributed by atoms with Crippen molar-refractivity contribution in [2.75, 3.05) is 11.9 Å². The normalized spacial score (nSPS) is 10.9. The summed E-state index contributed by atoms with van der Waals surface area (Å²) in [6, 6.07) is 0. The van der Waals surface area contributed by atoms with Crippen molar-refractivity contribution in [3.8, 4) is 0 Å². The summed E-state index contributed by atoms with van der Waals surface area (Å²) in [5.74, 6) is -1.52. The number of hydrogen-bond donors (Lipinski definition) is 1. The smallest absolute Gasteiger partial charge is 0.348 e. The second-order valence-electron chi connectivity index (χ2n) is 6.63. The van der Waals surface area contributed by atoms with Crippen LogP contribution in [0.5, 0.6) is 0 Å². The molecule has 8 nitrogen and oxygen atoms in total. The molecule has 0 saturated heterocycles. The number of amides is 1. The number of nitrogens with zero attached hydrogens (tertiary/aromatic N) is 2. The Hall–Kier alpha value is -2.20. The summed E-state index contributed by atoms with van der Waals surface area (Å²) in [7, 11) is 0. The van der Waals surface area contributed by atoms with Gasteiger partial charge >= 0.3 is 11.9 Å². The summed E-state index contributed by atoms with van der Waals surface area (Å²) in [4.78, 5) is 37.7. The standard InChI is InChI=1S/C19H24BrN3O5S/c1-7-27-19(26)16-10(4)14(18(25)28-9(2)3)17(29-16)21-13(24)8-23-12(6)15(20)11(5)22-23/h9H,7-8H2,1-6H3,(H,21,24). The highest BCUT2D eigenvalue weighted by Crippen LogP contribution is 2.34. The molecule has 0 radical (unpaired) electrons. The predicted octanol–water partition coefficient (Wildman–Crippen LogP) is 4.01. The molecule has 0 aliphatic carbocycles. The summed E-state index contributed by atoms with van der Waals surface area (Å²) in [6.07, 6.45) is -0.344. The number of anilines is 1. The van der Waals surface area contributed by atoms with Gasteiger partial charge in [-0.2, -0.15) is 5.10 Å². The number of nitrogens with one attached hydrogen (secondary N) is 1. The summed E-state index contributed by atoms with van der Waals surface area (Å²) >= 11 is 4.42. The molecule has 10 heteroatoms. The number of ether oxygens (including phenoxy) is 2. The van der Waals surface area contributed by atoms with E-state index in [9.17, 15) is 14.4 Å². The first kappa shape index (κ1) is 23.1. The monoisotopic (exact) mass is 485 g/mol. The Morgan fingerprint density at radius 1 is 1.21 bits per heavy atom. The van der Waals surface area contributed by atoms with Gasteiger partial charge < -0.3 is 14.8 Å². The van der Waals surface area contributed by atoms with Crippen LogP contribution in [0.15, 0.2) is 4.47 Å². The van der Waals surface area contributed by atoms with Crippen LogP contribution in [0.25, 0.3) is 0 Å². The highest BCUT2D eigenvalue weighted by Gasteiger charge is 2.28. The first-order valence-corrected chi connectivity index (χ1v) is 10.7. The van der Waals surface area contributed by atoms with Gasteiger partial charge in [-0.1, -0.05) is 0 Å². The van der Waals surface area contributed by atoms with Gasteiger partial charge in [0.05, 0.1) is 34.1 Å². The molecule has 0 aromatic carbocycles. The minimum atomic E-state index is -0.603. The van der Waals surface area contributed by atoms with Crippen LogP contribution in [0.1, 0.15) is 57.8 Å². The van der Waals surface area contributed by atoms with E-state index in [1.807, 2.05) is 13.8 Å². The molecule has 1 amide bonds. The molecular weight excluding hydrogens is 462 g/mol. The number of aromatic nitrogens is 2. The van der Waals surface area contributed by atoms with Crippen LogP contribution in [0.4, 0.5) is 5.00 Å². The average Bonchev–Trinajstić information content (AvgIpc) is 3.06. The zero-order valence-electron chi connectivity index (χ0n) is 17.2. The molecule has 0 unspecified atom stereocenters. The molecule has 0 bridgehead atoms. The lowest BCUT2D eigenvalue weighted by Gasteiger charge is -2.11. The van der Waals surface area contributed by atoms with Crippen molar-refractivity contribution < 1.29 is 23.9 Å². The second kappa shape index (κ2) is 9.53. The third-order valence-electron chi connectivity index (χ3n) is 3.99. The largest absolute Gasteiger partial charge is 0.462 e. The molecule has 0 spiro atoms. The summed E-state index contributed by atoms with van der Waals surface area (Å²) in [5, 5.41) is 7.28. The van der Waals surface area contributed by atoms with E-state index in [2.05, 4.69) is 26.3 Å². The van der Waals surface area contributed by atoms with Gasteiger partial charge in [0.25, 0.3) is 0 Å². The minimum Gasteiger partial charge on any atom is -0.462 e. The first-order chi connectivity index (χ1) is 13.6. The van der Waals surface area contributed by atoms with Gasteiger partial charge in [-0.25, -0.2) is 9.59 Å². The van der Waals surface area contributed by atoms with Crippen molar-refractivity contribution in [2.45, 2.75) is 54.2 Å². The number of esters is 2. The third-order valence-corrected chi connectivity index (χ3v) is 6.33. The maximum atomic E-state index is 12.6.